The zero-order chi connectivity index (χ0) is 20.4. The number of nitrogens with one attached hydrogen (secondary N) is 3. The molecule has 28 heavy (non-hydrogen) atoms. The fourth-order valence-electron chi connectivity index (χ4n) is 2.83. The number of nitro benzene ring substituents is 1. The van der Waals surface area contributed by atoms with Gasteiger partial charge in [0.1, 0.15) is 0 Å². The summed E-state index contributed by atoms with van der Waals surface area (Å²) in [6.07, 6.45) is 0. The predicted octanol–water partition coefficient (Wildman–Crippen LogP) is 4.17. The van der Waals surface area contributed by atoms with Gasteiger partial charge in [0, 0.05) is 33.6 Å². The number of amides is 3. The second-order valence-corrected chi connectivity index (χ2v) is 6.84. The van der Waals surface area contributed by atoms with Gasteiger partial charge in [-0.3, -0.25) is 14.9 Å². The van der Waals surface area contributed by atoms with Crippen molar-refractivity contribution in [1.82, 2.24) is 10.6 Å². The number of anilines is 1. The van der Waals surface area contributed by atoms with E-state index in [0.29, 0.717) is 27.0 Å². The van der Waals surface area contributed by atoms with E-state index < -0.39 is 22.9 Å². The molecule has 0 bridgehead atoms. The minimum atomic E-state index is -0.795. The maximum Gasteiger partial charge on any atom is 0.319 e. The monoisotopic (exact) mass is 420 g/mol. The van der Waals surface area contributed by atoms with E-state index in [2.05, 4.69) is 16.0 Å². The topological polar surface area (TPSA) is 113 Å². The fraction of sp³-hybridized carbons (Fsp3) is 0.111. The highest BCUT2D eigenvalue weighted by molar-refractivity contribution is 6.35. The van der Waals surface area contributed by atoms with Crippen molar-refractivity contribution in [3.63, 3.8) is 0 Å². The van der Waals surface area contributed by atoms with Gasteiger partial charge in [-0.1, -0.05) is 29.3 Å². The number of nitro groups is 1. The number of benzene rings is 2. The number of nitrogens with zero attached hydrogens (tertiary/aromatic N) is 1. The van der Waals surface area contributed by atoms with Crippen LogP contribution in [-0.2, 0) is 4.79 Å². The lowest BCUT2D eigenvalue weighted by molar-refractivity contribution is -0.384. The van der Waals surface area contributed by atoms with Crippen LogP contribution in [0.5, 0.6) is 0 Å². The molecule has 144 valence electrons. The summed E-state index contributed by atoms with van der Waals surface area (Å²) in [6.45, 7) is 1.60. The number of non-ortho nitro benzene ring substituents is 1. The zero-order valence-electron chi connectivity index (χ0n) is 14.5. The number of carbonyl (C=O) groups is 2. The first-order valence-electron chi connectivity index (χ1n) is 8.05. The summed E-state index contributed by atoms with van der Waals surface area (Å²) in [5, 5.41) is 19.4. The molecule has 1 atom stereocenters. The highest BCUT2D eigenvalue weighted by Crippen LogP contribution is 2.33. The van der Waals surface area contributed by atoms with Gasteiger partial charge in [-0.2, -0.15) is 0 Å². The van der Waals surface area contributed by atoms with Crippen LogP contribution in [0.2, 0.25) is 10.0 Å². The molecule has 1 aliphatic heterocycles. The third kappa shape index (κ3) is 4.08. The minimum absolute atomic E-state index is 0.0918. The van der Waals surface area contributed by atoms with Gasteiger partial charge in [0.25, 0.3) is 11.6 Å². The summed E-state index contributed by atoms with van der Waals surface area (Å²) >= 11 is 12.2. The molecule has 8 nitrogen and oxygen atoms in total. The van der Waals surface area contributed by atoms with E-state index in [4.69, 9.17) is 23.2 Å². The van der Waals surface area contributed by atoms with Crippen molar-refractivity contribution < 1.29 is 14.5 Å². The molecule has 3 amide bonds. The van der Waals surface area contributed by atoms with Gasteiger partial charge in [-0.25, -0.2) is 4.79 Å². The van der Waals surface area contributed by atoms with Crippen molar-refractivity contribution in [2.24, 2.45) is 0 Å². The first-order chi connectivity index (χ1) is 13.3. The number of allylic oxidation sites excluding steroid dienone is 1. The number of carbonyl (C=O) groups excluding carboxylic acids is 2. The Bertz CT molecular complexity index is 1010. The standard InChI is InChI=1S/C18H14Cl2N4O4/c1-9-15(17(25)22-11-3-5-12(6-4-11)24(27)28)16(23-18(26)21-9)13-7-2-10(19)8-14(13)20/h2-8,16H,1H3,(H,22,25)(H2,21,23,26)/t16-/m0/s1. The summed E-state index contributed by atoms with van der Waals surface area (Å²) < 4.78 is 0. The van der Waals surface area contributed by atoms with Gasteiger partial charge in [0.05, 0.1) is 16.5 Å². The Hall–Kier alpha value is -3.10. The SMILES string of the molecule is CC1=C(C(=O)Nc2ccc([N+](=O)[O-])cc2)[C@H](c2ccc(Cl)cc2Cl)NC(=O)N1. The fourth-order valence-corrected chi connectivity index (χ4v) is 3.35. The molecule has 0 radical (unpaired) electrons. The van der Waals surface area contributed by atoms with Crippen LogP contribution in [0.4, 0.5) is 16.2 Å². The van der Waals surface area contributed by atoms with E-state index in [1.807, 2.05) is 0 Å². The number of rotatable bonds is 4. The Morgan fingerprint density at radius 2 is 1.86 bits per heavy atom. The molecule has 0 saturated carbocycles. The summed E-state index contributed by atoms with van der Waals surface area (Å²) in [7, 11) is 0. The number of hydrogen-bond acceptors (Lipinski definition) is 4. The second kappa shape index (κ2) is 7.87. The smallest absolute Gasteiger partial charge is 0.319 e. The molecule has 0 fully saturated rings. The molecule has 0 aromatic heterocycles. The molecule has 1 heterocycles. The first-order valence-corrected chi connectivity index (χ1v) is 8.81. The second-order valence-electron chi connectivity index (χ2n) is 5.99. The van der Waals surface area contributed by atoms with Crippen molar-refractivity contribution in [2.45, 2.75) is 13.0 Å². The third-order valence-corrected chi connectivity index (χ3v) is 4.69. The third-order valence-electron chi connectivity index (χ3n) is 4.12. The lowest BCUT2D eigenvalue weighted by Gasteiger charge is -2.29. The average molecular weight is 421 g/mol. The van der Waals surface area contributed by atoms with E-state index in [9.17, 15) is 19.7 Å². The van der Waals surface area contributed by atoms with Gasteiger partial charge in [-0.15, -0.1) is 0 Å². The molecule has 3 N–H and O–H groups in total. The van der Waals surface area contributed by atoms with Crippen LogP contribution in [0.25, 0.3) is 0 Å². The quantitative estimate of drug-likeness (QED) is 0.508. The molecule has 1 aliphatic rings. The van der Waals surface area contributed by atoms with Crippen molar-refractivity contribution in [3.05, 3.63) is 79.5 Å². The summed E-state index contributed by atoms with van der Waals surface area (Å²) in [5.74, 6) is -0.491. The Morgan fingerprint density at radius 1 is 1.18 bits per heavy atom. The van der Waals surface area contributed by atoms with Crippen molar-refractivity contribution in [3.8, 4) is 0 Å². The van der Waals surface area contributed by atoms with Crippen LogP contribution in [0.15, 0.2) is 53.7 Å². The molecular weight excluding hydrogens is 407 g/mol. The van der Waals surface area contributed by atoms with E-state index in [1.165, 1.54) is 30.3 Å². The van der Waals surface area contributed by atoms with Crippen LogP contribution in [0, 0.1) is 10.1 Å². The number of hydrogen-bond donors (Lipinski definition) is 3. The summed E-state index contributed by atoms with van der Waals surface area (Å²) in [6, 6.07) is 8.91. The van der Waals surface area contributed by atoms with E-state index in [-0.39, 0.29) is 11.3 Å². The highest BCUT2D eigenvalue weighted by atomic mass is 35.5. The van der Waals surface area contributed by atoms with Crippen LogP contribution in [-0.4, -0.2) is 16.9 Å². The Morgan fingerprint density at radius 3 is 2.46 bits per heavy atom. The number of urea groups is 1. The maximum atomic E-state index is 12.9. The largest absolute Gasteiger partial charge is 0.327 e. The van der Waals surface area contributed by atoms with Crippen LogP contribution < -0.4 is 16.0 Å². The van der Waals surface area contributed by atoms with Gasteiger partial charge in [0.2, 0.25) is 0 Å². The van der Waals surface area contributed by atoms with E-state index >= 15 is 0 Å². The Kier molecular flexibility index (Phi) is 5.53. The van der Waals surface area contributed by atoms with Crippen LogP contribution in [0.3, 0.4) is 0 Å². The predicted molar refractivity (Wildman–Crippen MR) is 105 cm³/mol. The van der Waals surface area contributed by atoms with Crippen molar-refractivity contribution in [2.75, 3.05) is 5.32 Å². The highest BCUT2D eigenvalue weighted by Gasteiger charge is 2.32. The molecular formula is C18H14Cl2N4O4. The van der Waals surface area contributed by atoms with Crippen molar-refractivity contribution in [1.29, 1.82) is 0 Å². The average Bonchev–Trinajstić information content (AvgIpc) is 2.61. The van der Waals surface area contributed by atoms with Gasteiger partial charge < -0.3 is 16.0 Å². The molecule has 10 heteroatoms. The summed E-state index contributed by atoms with van der Waals surface area (Å²) in [4.78, 5) is 35.1. The van der Waals surface area contributed by atoms with Gasteiger partial charge in [0.15, 0.2) is 0 Å². The minimum Gasteiger partial charge on any atom is -0.327 e. The number of halogens is 2. The van der Waals surface area contributed by atoms with Crippen LogP contribution in [0.1, 0.15) is 18.5 Å². The molecule has 0 saturated heterocycles. The van der Waals surface area contributed by atoms with Gasteiger partial charge >= 0.3 is 6.03 Å². The molecule has 2 aromatic carbocycles. The normalized spacial score (nSPS) is 16.2. The molecule has 3 rings (SSSR count). The van der Waals surface area contributed by atoms with Gasteiger partial charge in [-0.05, 0) is 36.8 Å². The molecule has 0 spiro atoms. The molecule has 0 aliphatic carbocycles. The Balaban J connectivity index is 1.93. The molecule has 0 unspecified atom stereocenters. The van der Waals surface area contributed by atoms with E-state index in [0.717, 1.165) is 0 Å². The van der Waals surface area contributed by atoms with E-state index in [1.54, 1.807) is 19.1 Å². The molecule has 2 aromatic rings. The van der Waals surface area contributed by atoms with Crippen molar-refractivity contribution >= 4 is 46.5 Å². The first kappa shape index (κ1) is 19.7. The zero-order valence-corrected chi connectivity index (χ0v) is 16.0. The Labute approximate surface area is 169 Å². The lowest BCUT2D eigenvalue weighted by Crippen LogP contribution is -2.46. The lowest BCUT2D eigenvalue weighted by atomic mass is 9.94. The van der Waals surface area contributed by atoms with Crippen LogP contribution >= 0.6 is 23.2 Å². The maximum absolute atomic E-state index is 12.9. The summed E-state index contributed by atoms with van der Waals surface area (Å²) in [5.41, 5.74) is 1.40.